The number of nitrogens with zero attached hydrogens (tertiary/aromatic N) is 2. The second kappa shape index (κ2) is 8.99. The predicted molar refractivity (Wildman–Crippen MR) is 113 cm³/mol. The Labute approximate surface area is 179 Å². The topological polar surface area (TPSA) is 53.9 Å². The van der Waals surface area contributed by atoms with Crippen LogP contribution in [-0.4, -0.2) is 34.8 Å². The van der Waals surface area contributed by atoms with Crippen molar-refractivity contribution in [1.29, 1.82) is 0 Å². The van der Waals surface area contributed by atoms with Crippen molar-refractivity contribution in [3.63, 3.8) is 0 Å². The van der Waals surface area contributed by atoms with Gasteiger partial charge in [0.05, 0.1) is 17.8 Å². The van der Waals surface area contributed by atoms with Gasteiger partial charge in [0, 0.05) is 18.5 Å². The molecule has 8 heteroatoms. The van der Waals surface area contributed by atoms with Gasteiger partial charge in [-0.1, -0.05) is 47.6 Å². The van der Waals surface area contributed by atoms with Crippen LogP contribution in [0.15, 0.2) is 59.8 Å². The summed E-state index contributed by atoms with van der Waals surface area (Å²) in [6, 6.07) is 14.2. The van der Waals surface area contributed by atoms with E-state index in [0.29, 0.717) is 12.0 Å². The molecule has 0 aliphatic carbocycles. The van der Waals surface area contributed by atoms with Gasteiger partial charge in [-0.25, -0.2) is 4.79 Å². The zero-order valence-corrected chi connectivity index (χ0v) is 17.7. The van der Waals surface area contributed by atoms with Crippen LogP contribution in [0.5, 0.6) is 0 Å². The molecule has 2 aromatic carbocycles. The van der Waals surface area contributed by atoms with Gasteiger partial charge in [0.1, 0.15) is 0 Å². The zero-order valence-electron chi connectivity index (χ0n) is 17.7. The molecule has 2 aromatic rings. The van der Waals surface area contributed by atoms with Crippen LogP contribution in [0.25, 0.3) is 0 Å². The first-order chi connectivity index (χ1) is 14.5. The largest absolute Gasteiger partial charge is 0.416 e. The van der Waals surface area contributed by atoms with Crippen molar-refractivity contribution < 1.29 is 22.8 Å². The first-order valence-electron chi connectivity index (χ1n) is 10.0. The van der Waals surface area contributed by atoms with E-state index < -0.39 is 17.3 Å². The SMILES string of the molecule is CC(C)(C)NC(=O)N(Cc1cccc(C(F)(F)F)c1)CC1CC(c2ccccc2)=NO1. The van der Waals surface area contributed by atoms with Crippen LogP contribution in [-0.2, 0) is 17.6 Å². The van der Waals surface area contributed by atoms with Crippen molar-refractivity contribution in [1.82, 2.24) is 10.2 Å². The maximum atomic E-state index is 13.1. The van der Waals surface area contributed by atoms with Gasteiger partial charge in [-0.2, -0.15) is 13.2 Å². The van der Waals surface area contributed by atoms with Gasteiger partial charge in [0.25, 0.3) is 0 Å². The van der Waals surface area contributed by atoms with Crippen LogP contribution in [0.4, 0.5) is 18.0 Å². The molecule has 31 heavy (non-hydrogen) atoms. The van der Waals surface area contributed by atoms with Crippen molar-refractivity contribution >= 4 is 11.7 Å². The second-order valence-corrected chi connectivity index (χ2v) is 8.59. The number of hydrogen-bond acceptors (Lipinski definition) is 3. The summed E-state index contributed by atoms with van der Waals surface area (Å²) in [6.45, 7) is 5.74. The van der Waals surface area contributed by atoms with Crippen molar-refractivity contribution in [3.05, 3.63) is 71.3 Å². The van der Waals surface area contributed by atoms with Gasteiger partial charge in [-0.3, -0.25) is 0 Å². The molecule has 1 heterocycles. The first-order valence-corrected chi connectivity index (χ1v) is 10.0. The molecule has 0 aromatic heterocycles. The van der Waals surface area contributed by atoms with E-state index in [1.165, 1.54) is 11.0 Å². The normalized spacial score (nSPS) is 16.5. The molecule has 0 radical (unpaired) electrons. The maximum Gasteiger partial charge on any atom is 0.416 e. The number of carbonyl (C=O) groups excluding carboxylic acids is 1. The number of amides is 2. The Kier molecular flexibility index (Phi) is 6.57. The standard InChI is InChI=1S/C23H26F3N3O2/c1-22(2,3)27-21(30)29(14-16-8-7-11-18(12-16)23(24,25)26)15-19-13-20(28-31-19)17-9-5-4-6-10-17/h4-12,19H,13-15H2,1-3H3,(H,27,30). The average Bonchev–Trinajstić information content (AvgIpc) is 3.15. The monoisotopic (exact) mass is 433 g/mol. The number of carbonyl (C=O) groups is 1. The molecule has 1 aliphatic heterocycles. The number of benzene rings is 2. The summed E-state index contributed by atoms with van der Waals surface area (Å²) in [4.78, 5) is 19.9. The van der Waals surface area contributed by atoms with Crippen LogP contribution in [0.3, 0.4) is 0 Å². The number of oxime groups is 1. The third kappa shape index (κ3) is 6.47. The van der Waals surface area contributed by atoms with E-state index >= 15 is 0 Å². The lowest BCUT2D eigenvalue weighted by molar-refractivity contribution is -0.137. The molecular weight excluding hydrogens is 407 g/mol. The lowest BCUT2D eigenvalue weighted by atomic mass is 10.0. The van der Waals surface area contributed by atoms with Crippen molar-refractivity contribution in [2.75, 3.05) is 6.54 Å². The third-order valence-electron chi connectivity index (χ3n) is 4.66. The Morgan fingerprint density at radius 2 is 1.84 bits per heavy atom. The lowest BCUT2D eigenvalue weighted by Crippen LogP contribution is -2.50. The van der Waals surface area contributed by atoms with E-state index in [4.69, 9.17) is 4.84 Å². The smallest absolute Gasteiger partial charge is 0.390 e. The number of nitrogens with one attached hydrogen (secondary N) is 1. The molecule has 0 saturated heterocycles. The number of alkyl halides is 3. The van der Waals surface area contributed by atoms with Crippen LogP contribution in [0.2, 0.25) is 0 Å². The summed E-state index contributed by atoms with van der Waals surface area (Å²) in [5.74, 6) is 0. The molecule has 3 rings (SSSR count). The highest BCUT2D eigenvalue weighted by atomic mass is 19.4. The summed E-state index contributed by atoms with van der Waals surface area (Å²) in [7, 11) is 0. The molecule has 1 unspecified atom stereocenters. The van der Waals surface area contributed by atoms with E-state index in [1.54, 1.807) is 6.07 Å². The van der Waals surface area contributed by atoms with Crippen LogP contribution in [0.1, 0.15) is 43.9 Å². The minimum absolute atomic E-state index is 0.0202. The number of rotatable bonds is 5. The number of urea groups is 1. The average molecular weight is 433 g/mol. The van der Waals surface area contributed by atoms with E-state index in [1.807, 2.05) is 51.1 Å². The van der Waals surface area contributed by atoms with Gasteiger partial charge in [-0.05, 0) is 44.0 Å². The first kappa shape index (κ1) is 22.7. The Balaban J connectivity index is 1.74. The minimum Gasteiger partial charge on any atom is -0.390 e. The fourth-order valence-electron chi connectivity index (χ4n) is 3.26. The zero-order chi connectivity index (χ0) is 22.6. The van der Waals surface area contributed by atoms with Crippen LogP contribution in [0, 0.1) is 0 Å². The van der Waals surface area contributed by atoms with Crippen molar-refractivity contribution in [2.24, 2.45) is 5.16 Å². The Bertz CT molecular complexity index is 937. The van der Waals surface area contributed by atoms with E-state index in [-0.39, 0.29) is 25.2 Å². The minimum atomic E-state index is -4.44. The van der Waals surface area contributed by atoms with Gasteiger partial charge >= 0.3 is 12.2 Å². The highest BCUT2D eigenvalue weighted by molar-refractivity contribution is 6.01. The molecule has 0 saturated carbocycles. The Morgan fingerprint density at radius 1 is 1.13 bits per heavy atom. The molecule has 1 N–H and O–H groups in total. The fourth-order valence-corrected chi connectivity index (χ4v) is 3.26. The van der Waals surface area contributed by atoms with Crippen molar-refractivity contribution in [3.8, 4) is 0 Å². The summed E-state index contributed by atoms with van der Waals surface area (Å²) in [6.07, 6.45) is -4.32. The molecule has 0 spiro atoms. The quantitative estimate of drug-likeness (QED) is 0.704. The molecular formula is C23H26F3N3O2. The number of halogens is 3. The Hall–Kier alpha value is -3.03. The van der Waals surface area contributed by atoms with Crippen molar-refractivity contribution in [2.45, 2.75) is 51.6 Å². The Morgan fingerprint density at radius 3 is 2.48 bits per heavy atom. The van der Waals surface area contributed by atoms with E-state index in [2.05, 4.69) is 10.5 Å². The van der Waals surface area contributed by atoms with Gasteiger partial charge in [0.2, 0.25) is 0 Å². The van der Waals surface area contributed by atoms with Gasteiger partial charge in [0.15, 0.2) is 6.10 Å². The molecule has 1 atom stereocenters. The summed E-state index contributed by atoms with van der Waals surface area (Å²) in [5, 5.41) is 7.01. The third-order valence-corrected chi connectivity index (χ3v) is 4.66. The molecule has 166 valence electrons. The van der Waals surface area contributed by atoms with Crippen LogP contribution >= 0.6 is 0 Å². The fraction of sp³-hybridized carbons (Fsp3) is 0.391. The van der Waals surface area contributed by atoms with E-state index in [9.17, 15) is 18.0 Å². The molecule has 2 amide bonds. The highest BCUT2D eigenvalue weighted by Gasteiger charge is 2.32. The van der Waals surface area contributed by atoms with Gasteiger partial charge in [-0.15, -0.1) is 0 Å². The maximum absolute atomic E-state index is 13.1. The lowest BCUT2D eigenvalue weighted by Gasteiger charge is -2.30. The predicted octanol–water partition coefficient (Wildman–Crippen LogP) is 5.21. The molecule has 5 nitrogen and oxygen atoms in total. The highest BCUT2D eigenvalue weighted by Crippen LogP contribution is 2.30. The summed E-state index contributed by atoms with van der Waals surface area (Å²) in [5.41, 5.74) is 0.870. The molecule has 0 fully saturated rings. The number of hydrogen-bond donors (Lipinski definition) is 1. The second-order valence-electron chi connectivity index (χ2n) is 8.59. The van der Waals surface area contributed by atoms with Gasteiger partial charge < -0.3 is 15.1 Å². The molecule has 0 bridgehead atoms. The summed E-state index contributed by atoms with van der Waals surface area (Å²) < 4.78 is 39.3. The van der Waals surface area contributed by atoms with Crippen LogP contribution < -0.4 is 5.32 Å². The molecule has 1 aliphatic rings. The van der Waals surface area contributed by atoms with E-state index in [0.717, 1.165) is 23.4 Å². The summed E-state index contributed by atoms with van der Waals surface area (Å²) >= 11 is 0.